The number of nitrogens with zero attached hydrogens (tertiary/aromatic N) is 4. The standard InChI is InChI=1S/C14H9Cl2FN4/c1-21-7-6-10(20-21)14-18-12(15)11(13(16)19-14)8-2-4-9(17)5-3-8/h2-7H,1H3. The van der Waals surface area contributed by atoms with E-state index < -0.39 is 0 Å². The Bertz CT molecular complexity index is 776. The molecule has 0 radical (unpaired) electrons. The van der Waals surface area contributed by atoms with Crippen LogP contribution < -0.4 is 0 Å². The number of aromatic nitrogens is 4. The van der Waals surface area contributed by atoms with E-state index in [9.17, 15) is 4.39 Å². The first-order valence-electron chi connectivity index (χ1n) is 6.03. The normalized spacial score (nSPS) is 10.9. The van der Waals surface area contributed by atoms with Gasteiger partial charge in [0.15, 0.2) is 5.82 Å². The van der Waals surface area contributed by atoms with Crippen LogP contribution in [0.2, 0.25) is 10.3 Å². The lowest BCUT2D eigenvalue weighted by molar-refractivity contribution is 0.628. The Hall–Kier alpha value is -1.98. The van der Waals surface area contributed by atoms with E-state index in [-0.39, 0.29) is 16.1 Å². The van der Waals surface area contributed by atoms with Gasteiger partial charge in [0, 0.05) is 13.2 Å². The van der Waals surface area contributed by atoms with Gasteiger partial charge in [-0.15, -0.1) is 0 Å². The third-order valence-corrected chi connectivity index (χ3v) is 3.44. The van der Waals surface area contributed by atoms with Gasteiger partial charge in [-0.2, -0.15) is 5.10 Å². The first-order chi connectivity index (χ1) is 10.0. The molecule has 2 heterocycles. The fraction of sp³-hybridized carbons (Fsp3) is 0.0714. The minimum Gasteiger partial charge on any atom is -0.275 e. The monoisotopic (exact) mass is 322 g/mol. The average Bonchev–Trinajstić information content (AvgIpc) is 2.87. The number of hydrogen-bond donors (Lipinski definition) is 0. The summed E-state index contributed by atoms with van der Waals surface area (Å²) in [5.41, 5.74) is 1.70. The minimum absolute atomic E-state index is 0.197. The van der Waals surface area contributed by atoms with Crippen LogP contribution in [0.15, 0.2) is 36.5 Å². The number of rotatable bonds is 2. The predicted octanol–water partition coefficient (Wildman–Crippen LogP) is 3.99. The molecule has 3 aromatic rings. The summed E-state index contributed by atoms with van der Waals surface area (Å²) in [7, 11) is 1.79. The fourth-order valence-corrected chi connectivity index (χ4v) is 2.52. The number of halogens is 3. The first kappa shape index (κ1) is 14.0. The summed E-state index contributed by atoms with van der Waals surface area (Å²) in [6.07, 6.45) is 1.77. The van der Waals surface area contributed by atoms with Crippen LogP contribution in [0.4, 0.5) is 4.39 Å². The van der Waals surface area contributed by atoms with Crippen molar-refractivity contribution in [2.24, 2.45) is 7.05 Å². The van der Waals surface area contributed by atoms with Crippen molar-refractivity contribution >= 4 is 23.2 Å². The summed E-state index contributed by atoms with van der Waals surface area (Å²) >= 11 is 12.4. The summed E-state index contributed by atoms with van der Waals surface area (Å²) < 4.78 is 14.6. The van der Waals surface area contributed by atoms with Crippen molar-refractivity contribution in [2.75, 3.05) is 0 Å². The Labute approximate surface area is 130 Å². The Morgan fingerprint density at radius 2 is 1.62 bits per heavy atom. The largest absolute Gasteiger partial charge is 0.275 e. The van der Waals surface area contributed by atoms with Gasteiger partial charge < -0.3 is 0 Å². The summed E-state index contributed by atoms with van der Waals surface area (Å²) in [4.78, 5) is 8.43. The second-order valence-electron chi connectivity index (χ2n) is 4.39. The second kappa shape index (κ2) is 5.42. The van der Waals surface area contributed by atoms with Crippen LogP contribution in [0.5, 0.6) is 0 Å². The third-order valence-electron chi connectivity index (χ3n) is 2.90. The molecule has 4 nitrogen and oxygen atoms in total. The van der Waals surface area contributed by atoms with E-state index in [4.69, 9.17) is 23.2 Å². The zero-order chi connectivity index (χ0) is 15.0. The van der Waals surface area contributed by atoms with Gasteiger partial charge >= 0.3 is 0 Å². The molecule has 0 bridgehead atoms. The van der Waals surface area contributed by atoms with Crippen molar-refractivity contribution in [2.45, 2.75) is 0 Å². The van der Waals surface area contributed by atoms with Crippen molar-refractivity contribution in [1.82, 2.24) is 19.7 Å². The lowest BCUT2D eigenvalue weighted by Gasteiger charge is -2.07. The molecule has 21 heavy (non-hydrogen) atoms. The van der Waals surface area contributed by atoms with Gasteiger partial charge in [-0.25, -0.2) is 14.4 Å². The molecule has 106 valence electrons. The molecule has 0 aliphatic heterocycles. The van der Waals surface area contributed by atoms with Crippen molar-refractivity contribution in [3.8, 4) is 22.6 Å². The van der Waals surface area contributed by atoms with Crippen molar-refractivity contribution in [3.05, 3.63) is 52.7 Å². The zero-order valence-corrected chi connectivity index (χ0v) is 12.4. The molecule has 0 aliphatic rings. The van der Waals surface area contributed by atoms with E-state index in [1.807, 2.05) is 0 Å². The van der Waals surface area contributed by atoms with E-state index in [0.717, 1.165) is 0 Å². The van der Waals surface area contributed by atoms with Gasteiger partial charge in [0.1, 0.15) is 21.8 Å². The maximum absolute atomic E-state index is 13.0. The molecule has 7 heteroatoms. The zero-order valence-electron chi connectivity index (χ0n) is 10.9. The molecule has 0 unspecified atom stereocenters. The van der Waals surface area contributed by atoms with Crippen molar-refractivity contribution < 1.29 is 4.39 Å². The van der Waals surface area contributed by atoms with Crippen LogP contribution >= 0.6 is 23.2 Å². The fourth-order valence-electron chi connectivity index (χ4n) is 1.91. The first-order valence-corrected chi connectivity index (χ1v) is 6.79. The molecular weight excluding hydrogens is 314 g/mol. The summed E-state index contributed by atoms with van der Waals surface area (Å²) in [5, 5.41) is 4.60. The molecular formula is C14H9Cl2FN4. The molecule has 0 saturated carbocycles. The summed E-state index contributed by atoms with van der Waals surface area (Å²) in [5.74, 6) is 0.00785. The second-order valence-corrected chi connectivity index (χ2v) is 5.10. The van der Waals surface area contributed by atoms with Gasteiger partial charge in [-0.1, -0.05) is 35.3 Å². The Morgan fingerprint density at radius 1 is 1.00 bits per heavy atom. The molecule has 0 aliphatic carbocycles. The molecule has 2 aromatic heterocycles. The van der Waals surface area contributed by atoms with E-state index in [1.165, 1.54) is 12.1 Å². The molecule has 0 N–H and O–H groups in total. The molecule has 0 spiro atoms. The highest BCUT2D eigenvalue weighted by atomic mass is 35.5. The molecule has 0 fully saturated rings. The third kappa shape index (κ3) is 2.75. The highest BCUT2D eigenvalue weighted by molar-refractivity contribution is 6.37. The van der Waals surface area contributed by atoms with Crippen LogP contribution in [0.25, 0.3) is 22.6 Å². The molecule has 0 amide bonds. The van der Waals surface area contributed by atoms with Gasteiger partial charge in [0.2, 0.25) is 0 Å². The minimum atomic E-state index is -0.336. The Morgan fingerprint density at radius 3 is 2.14 bits per heavy atom. The number of benzene rings is 1. The van der Waals surface area contributed by atoms with Crippen LogP contribution in [-0.2, 0) is 7.05 Å². The smallest absolute Gasteiger partial charge is 0.182 e. The van der Waals surface area contributed by atoms with Crippen LogP contribution in [0.1, 0.15) is 0 Å². The quantitative estimate of drug-likeness (QED) is 0.670. The average molecular weight is 323 g/mol. The molecule has 0 saturated heterocycles. The number of aryl methyl sites for hydroxylation is 1. The highest BCUT2D eigenvalue weighted by Crippen LogP contribution is 2.33. The lowest BCUT2D eigenvalue weighted by Crippen LogP contribution is -1.96. The Kier molecular flexibility index (Phi) is 3.61. The summed E-state index contributed by atoms with van der Waals surface area (Å²) in [6, 6.07) is 7.57. The van der Waals surface area contributed by atoms with Crippen LogP contribution in [0.3, 0.4) is 0 Å². The predicted molar refractivity (Wildman–Crippen MR) is 79.6 cm³/mol. The van der Waals surface area contributed by atoms with E-state index in [2.05, 4.69) is 15.1 Å². The lowest BCUT2D eigenvalue weighted by atomic mass is 10.1. The maximum atomic E-state index is 13.0. The van der Waals surface area contributed by atoms with E-state index >= 15 is 0 Å². The Balaban J connectivity index is 2.10. The topological polar surface area (TPSA) is 43.6 Å². The van der Waals surface area contributed by atoms with Gasteiger partial charge in [0.25, 0.3) is 0 Å². The SMILES string of the molecule is Cn1ccc(-c2nc(Cl)c(-c3ccc(F)cc3)c(Cl)n2)n1. The van der Waals surface area contributed by atoms with E-state index in [0.29, 0.717) is 22.6 Å². The van der Waals surface area contributed by atoms with Gasteiger partial charge in [-0.05, 0) is 23.8 Å². The maximum Gasteiger partial charge on any atom is 0.182 e. The number of hydrogen-bond acceptors (Lipinski definition) is 3. The molecule has 0 atom stereocenters. The van der Waals surface area contributed by atoms with Crippen LogP contribution in [-0.4, -0.2) is 19.7 Å². The summed E-state index contributed by atoms with van der Waals surface area (Å²) in [6.45, 7) is 0. The van der Waals surface area contributed by atoms with Gasteiger partial charge in [0.05, 0.1) is 5.56 Å². The van der Waals surface area contributed by atoms with E-state index in [1.54, 1.807) is 36.1 Å². The highest BCUT2D eigenvalue weighted by Gasteiger charge is 2.15. The van der Waals surface area contributed by atoms with Crippen LogP contribution in [0, 0.1) is 5.82 Å². The molecule has 1 aromatic carbocycles. The van der Waals surface area contributed by atoms with Gasteiger partial charge in [-0.3, -0.25) is 4.68 Å². The molecule has 3 rings (SSSR count). The van der Waals surface area contributed by atoms with Crippen molar-refractivity contribution in [1.29, 1.82) is 0 Å². The van der Waals surface area contributed by atoms with Crippen molar-refractivity contribution in [3.63, 3.8) is 0 Å².